The first-order valence-electron chi connectivity index (χ1n) is 6.25. The molecule has 2 rings (SSSR count). The molecular weight excluding hydrogens is 386 g/mol. The second-order valence-corrected chi connectivity index (χ2v) is 7.72. The van der Waals surface area contributed by atoms with E-state index in [1.165, 1.54) is 15.3 Å². The molecular formula is C15H17Br2NS. The quantitative estimate of drug-likeness (QED) is 0.675. The van der Waals surface area contributed by atoms with Crippen LogP contribution >= 0.6 is 43.2 Å². The Bertz CT molecular complexity index is 563. The predicted octanol–water partition coefficient (Wildman–Crippen LogP) is 5.86. The maximum Gasteiger partial charge on any atom is 0.0435 e. The van der Waals surface area contributed by atoms with Crippen molar-refractivity contribution in [3.8, 4) is 10.4 Å². The summed E-state index contributed by atoms with van der Waals surface area (Å²) in [7, 11) is 2.03. The van der Waals surface area contributed by atoms with Crippen molar-refractivity contribution in [3.63, 3.8) is 0 Å². The van der Waals surface area contributed by atoms with Crippen LogP contribution in [-0.2, 0) is 0 Å². The first kappa shape index (κ1) is 15.2. The molecule has 4 heteroatoms. The molecule has 1 unspecified atom stereocenters. The third kappa shape index (κ3) is 3.48. The highest BCUT2D eigenvalue weighted by Crippen LogP contribution is 2.38. The minimum atomic E-state index is 0.424. The Morgan fingerprint density at radius 1 is 1.11 bits per heavy atom. The Morgan fingerprint density at radius 3 is 2.42 bits per heavy atom. The second-order valence-electron chi connectivity index (χ2n) is 4.84. The van der Waals surface area contributed by atoms with Crippen molar-refractivity contribution < 1.29 is 0 Å². The van der Waals surface area contributed by atoms with Gasteiger partial charge in [-0.15, -0.1) is 11.3 Å². The van der Waals surface area contributed by atoms with E-state index in [-0.39, 0.29) is 0 Å². The number of halogens is 2. The fourth-order valence-electron chi connectivity index (χ4n) is 2.16. The van der Waals surface area contributed by atoms with Crippen molar-refractivity contribution in [2.45, 2.75) is 19.9 Å². The molecule has 0 bridgehead atoms. The fourth-order valence-corrected chi connectivity index (χ4v) is 4.88. The van der Waals surface area contributed by atoms with Crippen LogP contribution in [0.3, 0.4) is 0 Å². The third-order valence-corrected chi connectivity index (χ3v) is 5.46. The summed E-state index contributed by atoms with van der Waals surface area (Å²) in [5, 5.41) is 3.40. The molecule has 1 atom stereocenters. The molecule has 1 aromatic carbocycles. The van der Waals surface area contributed by atoms with Gasteiger partial charge in [0.1, 0.15) is 0 Å². The molecule has 1 heterocycles. The lowest BCUT2D eigenvalue weighted by Gasteiger charge is -2.18. The van der Waals surface area contributed by atoms with E-state index in [0.717, 1.165) is 8.95 Å². The largest absolute Gasteiger partial charge is 0.312 e. The van der Waals surface area contributed by atoms with E-state index in [0.29, 0.717) is 12.0 Å². The lowest BCUT2D eigenvalue weighted by Crippen LogP contribution is -2.20. The van der Waals surface area contributed by atoms with Gasteiger partial charge in [0.05, 0.1) is 0 Å². The van der Waals surface area contributed by atoms with Crippen LogP contribution in [0.15, 0.2) is 39.3 Å². The van der Waals surface area contributed by atoms with Crippen molar-refractivity contribution in [3.05, 3.63) is 44.2 Å². The van der Waals surface area contributed by atoms with Crippen molar-refractivity contribution >= 4 is 43.2 Å². The number of hydrogen-bond donors (Lipinski definition) is 1. The van der Waals surface area contributed by atoms with Gasteiger partial charge in [-0.2, -0.15) is 0 Å². The maximum absolute atomic E-state index is 3.64. The molecule has 1 nitrogen and oxygen atoms in total. The number of nitrogens with one attached hydrogen (secondary N) is 1. The average Bonchev–Trinajstić information content (AvgIpc) is 2.78. The number of thiophene rings is 1. The predicted molar refractivity (Wildman–Crippen MR) is 91.8 cm³/mol. The standard InChI is InChI=1S/C15H17Br2NS/c1-9(2)15(18-3)14-7-6-13(19-14)11-5-4-10(16)8-12(11)17/h4-9,15,18H,1-3H3. The van der Waals surface area contributed by atoms with Crippen LogP contribution < -0.4 is 5.32 Å². The third-order valence-electron chi connectivity index (χ3n) is 3.11. The Hall–Kier alpha value is -0.160. The Labute approximate surface area is 135 Å². The van der Waals surface area contributed by atoms with Gasteiger partial charge in [-0.05, 0) is 37.2 Å². The second kappa shape index (κ2) is 6.53. The fraction of sp³-hybridized carbons (Fsp3) is 0.333. The molecule has 0 fully saturated rings. The van der Waals surface area contributed by atoms with Crippen molar-refractivity contribution in [2.75, 3.05) is 7.05 Å². The van der Waals surface area contributed by atoms with Gasteiger partial charge in [0.2, 0.25) is 0 Å². The zero-order chi connectivity index (χ0) is 14.0. The van der Waals surface area contributed by atoms with Crippen molar-refractivity contribution in [1.29, 1.82) is 0 Å². The Morgan fingerprint density at radius 2 is 1.84 bits per heavy atom. The first-order chi connectivity index (χ1) is 9.02. The number of rotatable bonds is 4. The van der Waals surface area contributed by atoms with Crippen LogP contribution in [0.1, 0.15) is 24.8 Å². The summed E-state index contributed by atoms with van der Waals surface area (Å²) < 4.78 is 2.22. The van der Waals surface area contributed by atoms with Crippen molar-refractivity contribution in [2.24, 2.45) is 5.92 Å². The summed E-state index contributed by atoms with van der Waals surface area (Å²) in [5.41, 5.74) is 1.25. The van der Waals surface area contributed by atoms with Crippen LogP contribution in [0.2, 0.25) is 0 Å². The molecule has 0 radical (unpaired) electrons. The van der Waals surface area contributed by atoms with Crippen LogP contribution in [0.5, 0.6) is 0 Å². The molecule has 2 aromatic rings. The van der Waals surface area contributed by atoms with Gasteiger partial charge in [-0.25, -0.2) is 0 Å². The SMILES string of the molecule is CNC(c1ccc(-c2ccc(Br)cc2Br)s1)C(C)C. The van der Waals surface area contributed by atoms with Gasteiger partial charge in [0.15, 0.2) is 0 Å². The number of benzene rings is 1. The molecule has 1 N–H and O–H groups in total. The lowest BCUT2D eigenvalue weighted by atomic mass is 10.0. The number of hydrogen-bond acceptors (Lipinski definition) is 2. The summed E-state index contributed by atoms with van der Waals surface area (Å²) in [6.45, 7) is 4.49. The van der Waals surface area contributed by atoms with E-state index in [1.807, 2.05) is 18.4 Å². The molecule has 102 valence electrons. The smallest absolute Gasteiger partial charge is 0.0435 e. The van der Waals surface area contributed by atoms with Gasteiger partial charge >= 0.3 is 0 Å². The summed E-state index contributed by atoms with van der Waals surface area (Å²) in [4.78, 5) is 2.69. The van der Waals surface area contributed by atoms with E-state index in [1.54, 1.807) is 0 Å². The van der Waals surface area contributed by atoms with Crippen LogP contribution in [0.4, 0.5) is 0 Å². The summed E-state index contributed by atoms with van der Waals surface area (Å²) in [6, 6.07) is 11.2. The summed E-state index contributed by atoms with van der Waals surface area (Å²) >= 11 is 8.99. The molecule has 1 aromatic heterocycles. The Balaban J connectivity index is 2.35. The highest BCUT2D eigenvalue weighted by atomic mass is 79.9. The highest BCUT2D eigenvalue weighted by Gasteiger charge is 2.16. The summed E-state index contributed by atoms with van der Waals surface area (Å²) in [5.74, 6) is 0.588. The minimum absolute atomic E-state index is 0.424. The minimum Gasteiger partial charge on any atom is -0.312 e. The van der Waals surface area contributed by atoms with E-state index < -0.39 is 0 Å². The maximum atomic E-state index is 3.64. The van der Waals surface area contributed by atoms with Gasteiger partial charge in [0, 0.05) is 30.3 Å². The van der Waals surface area contributed by atoms with E-state index in [9.17, 15) is 0 Å². The van der Waals surface area contributed by atoms with E-state index in [2.05, 4.69) is 81.4 Å². The monoisotopic (exact) mass is 401 g/mol. The topological polar surface area (TPSA) is 12.0 Å². The lowest BCUT2D eigenvalue weighted by molar-refractivity contribution is 0.449. The van der Waals surface area contributed by atoms with Gasteiger partial charge in [0.25, 0.3) is 0 Å². The molecule has 0 amide bonds. The normalized spacial score (nSPS) is 12.9. The summed E-state index contributed by atoms with van der Waals surface area (Å²) in [6.07, 6.45) is 0. The average molecular weight is 403 g/mol. The van der Waals surface area contributed by atoms with Crippen LogP contribution in [0.25, 0.3) is 10.4 Å². The van der Waals surface area contributed by atoms with Crippen LogP contribution in [0, 0.1) is 5.92 Å². The zero-order valence-corrected chi connectivity index (χ0v) is 15.2. The van der Waals surface area contributed by atoms with E-state index in [4.69, 9.17) is 0 Å². The van der Waals surface area contributed by atoms with Gasteiger partial charge < -0.3 is 5.32 Å². The molecule has 0 saturated heterocycles. The zero-order valence-electron chi connectivity index (χ0n) is 11.2. The van der Waals surface area contributed by atoms with Crippen molar-refractivity contribution in [1.82, 2.24) is 5.32 Å². The molecule has 0 spiro atoms. The van der Waals surface area contributed by atoms with Gasteiger partial charge in [-0.3, -0.25) is 0 Å². The van der Waals surface area contributed by atoms with Gasteiger partial charge in [-0.1, -0.05) is 51.8 Å². The molecule has 0 aliphatic heterocycles. The first-order valence-corrected chi connectivity index (χ1v) is 8.65. The molecule has 0 saturated carbocycles. The molecule has 0 aliphatic carbocycles. The highest BCUT2D eigenvalue weighted by molar-refractivity contribution is 9.11. The Kier molecular flexibility index (Phi) is 5.23. The van der Waals surface area contributed by atoms with Crippen LogP contribution in [-0.4, -0.2) is 7.05 Å². The molecule has 0 aliphatic rings. The van der Waals surface area contributed by atoms with E-state index >= 15 is 0 Å². The molecule has 19 heavy (non-hydrogen) atoms.